The number of benzene rings is 2. The van der Waals surface area contributed by atoms with Gasteiger partial charge < -0.3 is 13.6 Å². The summed E-state index contributed by atoms with van der Waals surface area (Å²) in [6.45, 7) is 1.49. The molecule has 0 spiro atoms. The number of oxazole rings is 2. The molecule has 0 unspecified atom stereocenters. The normalized spacial score (nSPS) is 11.0. The summed E-state index contributed by atoms with van der Waals surface area (Å²) in [4.78, 5) is 28.5. The Bertz CT molecular complexity index is 1150. The summed E-state index contributed by atoms with van der Waals surface area (Å²) in [5, 5.41) is 0. The van der Waals surface area contributed by atoms with E-state index in [1.165, 1.54) is 4.57 Å². The van der Waals surface area contributed by atoms with E-state index in [-0.39, 0.29) is 13.2 Å². The molecule has 0 N–H and O–H groups in total. The number of fused-ring (bicyclic) bond motifs is 1. The average Bonchev–Trinajstić information content (AvgIpc) is 3.21. The van der Waals surface area contributed by atoms with Crippen LogP contribution in [0.25, 0.3) is 22.6 Å². The average molecular weight is 364 g/mol. The molecule has 0 saturated heterocycles. The monoisotopic (exact) mass is 364 g/mol. The Morgan fingerprint density at radius 1 is 1.07 bits per heavy atom. The standard InChI is InChI=1S/C20H16N2O5/c1-13-15(21-19(26-13)14-7-3-2-4-8-14)12-25-18(23)11-22-16-9-5-6-10-17(16)27-20(22)24/h2-10H,11-12H2,1H3. The predicted octanol–water partition coefficient (Wildman–Crippen LogP) is 3.30. The maximum atomic E-state index is 12.2. The van der Waals surface area contributed by atoms with Crippen molar-refractivity contribution < 1.29 is 18.4 Å². The van der Waals surface area contributed by atoms with Gasteiger partial charge in [0.2, 0.25) is 5.89 Å². The maximum absolute atomic E-state index is 12.2. The molecule has 7 heteroatoms. The third-order valence-electron chi connectivity index (χ3n) is 4.14. The van der Waals surface area contributed by atoms with E-state index in [1.54, 1.807) is 31.2 Å². The van der Waals surface area contributed by atoms with E-state index in [2.05, 4.69) is 4.98 Å². The summed E-state index contributed by atoms with van der Waals surface area (Å²) >= 11 is 0. The second kappa shape index (κ2) is 6.95. The number of esters is 1. The highest BCUT2D eigenvalue weighted by Gasteiger charge is 2.16. The number of rotatable bonds is 5. The van der Waals surface area contributed by atoms with Crippen molar-refractivity contribution in [2.45, 2.75) is 20.1 Å². The summed E-state index contributed by atoms with van der Waals surface area (Å²) < 4.78 is 17.3. The number of ether oxygens (including phenoxy) is 1. The highest BCUT2D eigenvalue weighted by atomic mass is 16.5. The van der Waals surface area contributed by atoms with E-state index in [1.807, 2.05) is 30.3 Å². The molecule has 4 aromatic rings. The SMILES string of the molecule is Cc1oc(-c2ccccc2)nc1COC(=O)Cn1c(=O)oc2ccccc21. The van der Waals surface area contributed by atoms with Gasteiger partial charge in [0.1, 0.15) is 24.6 Å². The van der Waals surface area contributed by atoms with Gasteiger partial charge in [-0.3, -0.25) is 9.36 Å². The Morgan fingerprint density at radius 3 is 2.63 bits per heavy atom. The second-order valence-corrected chi connectivity index (χ2v) is 5.97. The van der Waals surface area contributed by atoms with Gasteiger partial charge in [-0.1, -0.05) is 30.3 Å². The van der Waals surface area contributed by atoms with Crippen LogP contribution in [0.4, 0.5) is 0 Å². The lowest BCUT2D eigenvalue weighted by molar-refractivity contribution is -0.145. The van der Waals surface area contributed by atoms with Crippen molar-refractivity contribution in [1.82, 2.24) is 9.55 Å². The summed E-state index contributed by atoms with van der Waals surface area (Å²) in [6.07, 6.45) is 0. The van der Waals surface area contributed by atoms with Gasteiger partial charge in [-0.2, -0.15) is 0 Å². The van der Waals surface area contributed by atoms with Gasteiger partial charge in [0.25, 0.3) is 0 Å². The molecule has 2 heterocycles. The Morgan fingerprint density at radius 2 is 1.81 bits per heavy atom. The molecule has 0 radical (unpaired) electrons. The molecule has 0 aliphatic carbocycles. The molecule has 0 atom stereocenters. The fourth-order valence-corrected chi connectivity index (χ4v) is 2.75. The van der Waals surface area contributed by atoms with Crippen molar-refractivity contribution in [3.05, 3.63) is 76.6 Å². The van der Waals surface area contributed by atoms with E-state index in [0.29, 0.717) is 28.4 Å². The largest absolute Gasteiger partial charge is 0.458 e. The van der Waals surface area contributed by atoms with E-state index in [0.717, 1.165) is 5.56 Å². The topological polar surface area (TPSA) is 87.5 Å². The van der Waals surface area contributed by atoms with Gasteiger partial charge in [0.05, 0.1) is 5.52 Å². The Hall–Kier alpha value is -3.61. The fourth-order valence-electron chi connectivity index (χ4n) is 2.75. The van der Waals surface area contributed by atoms with Gasteiger partial charge in [0, 0.05) is 5.56 Å². The molecule has 27 heavy (non-hydrogen) atoms. The number of carbonyl (C=O) groups is 1. The first kappa shape index (κ1) is 16.8. The third kappa shape index (κ3) is 3.39. The highest BCUT2D eigenvalue weighted by Crippen LogP contribution is 2.21. The van der Waals surface area contributed by atoms with Crippen LogP contribution in [-0.2, 0) is 22.7 Å². The molecule has 4 rings (SSSR count). The van der Waals surface area contributed by atoms with Crippen molar-refractivity contribution >= 4 is 17.1 Å². The van der Waals surface area contributed by atoms with Gasteiger partial charge >= 0.3 is 11.7 Å². The van der Waals surface area contributed by atoms with Crippen LogP contribution in [0.5, 0.6) is 0 Å². The predicted molar refractivity (Wildman–Crippen MR) is 96.9 cm³/mol. The van der Waals surface area contributed by atoms with Gasteiger partial charge in [-0.15, -0.1) is 0 Å². The quantitative estimate of drug-likeness (QED) is 0.505. The van der Waals surface area contributed by atoms with Crippen LogP contribution < -0.4 is 5.76 Å². The van der Waals surface area contributed by atoms with Crippen LogP contribution in [0, 0.1) is 6.92 Å². The van der Waals surface area contributed by atoms with Crippen LogP contribution in [0.2, 0.25) is 0 Å². The zero-order valence-corrected chi connectivity index (χ0v) is 14.5. The smallest absolute Gasteiger partial charge is 0.420 e. The Labute approximate surface area is 153 Å². The number of nitrogens with zero attached hydrogens (tertiary/aromatic N) is 2. The maximum Gasteiger partial charge on any atom is 0.420 e. The molecule has 0 aliphatic rings. The van der Waals surface area contributed by atoms with Crippen LogP contribution in [0.3, 0.4) is 0 Å². The van der Waals surface area contributed by atoms with Crippen molar-refractivity contribution in [2.75, 3.05) is 0 Å². The first-order valence-corrected chi connectivity index (χ1v) is 8.37. The number of para-hydroxylation sites is 2. The van der Waals surface area contributed by atoms with E-state index >= 15 is 0 Å². The van der Waals surface area contributed by atoms with Crippen LogP contribution in [0.1, 0.15) is 11.5 Å². The molecule has 7 nitrogen and oxygen atoms in total. The van der Waals surface area contributed by atoms with Gasteiger partial charge in [-0.25, -0.2) is 9.78 Å². The highest BCUT2D eigenvalue weighted by molar-refractivity contribution is 5.76. The molecular formula is C20H16N2O5. The molecule has 136 valence electrons. The minimum Gasteiger partial charge on any atom is -0.458 e. The lowest BCUT2D eigenvalue weighted by atomic mass is 10.2. The summed E-state index contributed by atoms with van der Waals surface area (Å²) in [7, 11) is 0. The number of aromatic nitrogens is 2. The lowest BCUT2D eigenvalue weighted by Gasteiger charge is -2.04. The molecule has 0 aliphatic heterocycles. The zero-order valence-electron chi connectivity index (χ0n) is 14.5. The molecule has 0 amide bonds. The van der Waals surface area contributed by atoms with Crippen molar-refractivity contribution in [3.63, 3.8) is 0 Å². The van der Waals surface area contributed by atoms with Crippen molar-refractivity contribution in [3.8, 4) is 11.5 Å². The van der Waals surface area contributed by atoms with Crippen LogP contribution in [0.15, 0.2) is 68.2 Å². The first-order valence-electron chi connectivity index (χ1n) is 8.37. The fraction of sp³-hybridized carbons (Fsp3) is 0.150. The molecule has 0 fully saturated rings. The lowest BCUT2D eigenvalue weighted by Crippen LogP contribution is -2.21. The summed E-state index contributed by atoms with van der Waals surface area (Å²) in [6, 6.07) is 16.4. The molecule has 0 bridgehead atoms. The van der Waals surface area contributed by atoms with Crippen LogP contribution >= 0.6 is 0 Å². The number of hydrogen-bond donors (Lipinski definition) is 0. The van der Waals surface area contributed by atoms with Crippen LogP contribution in [-0.4, -0.2) is 15.5 Å². The first-order chi connectivity index (χ1) is 13.1. The van der Waals surface area contributed by atoms with E-state index in [4.69, 9.17) is 13.6 Å². The number of aryl methyl sites for hydroxylation is 1. The second-order valence-electron chi connectivity index (χ2n) is 5.97. The van der Waals surface area contributed by atoms with Gasteiger partial charge in [-0.05, 0) is 31.2 Å². The van der Waals surface area contributed by atoms with Crippen molar-refractivity contribution in [1.29, 1.82) is 0 Å². The minimum absolute atomic E-state index is 0.0362. The van der Waals surface area contributed by atoms with Gasteiger partial charge in [0.15, 0.2) is 5.58 Å². The Kier molecular flexibility index (Phi) is 4.33. The molecule has 2 aromatic carbocycles. The summed E-state index contributed by atoms with van der Waals surface area (Å²) in [5.41, 5.74) is 2.35. The minimum atomic E-state index is -0.600. The molecule has 2 aromatic heterocycles. The molecular weight excluding hydrogens is 348 g/mol. The number of hydrogen-bond acceptors (Lipinski definition) is 6. The van der Waals surface area contributed by atoms with E-state index in [9.17, 15) is 9.59 Å². The Balaban J connectivity index is 1.46. The summed E-state index contributed by atoms with van der Waals surface area (Å²) in [5.74, 6) is -0.117. The number of carbonyl (C=O) groups excluding carboxylic acids is 1. The van der Waals surface area contributed by atoms with E-state index < -0.39 is 11.7 Å². The third-order valence-corrected chi connectivity index (χ3v) is 4.14. The molecule has 0 saturated carbocycles. The zero-order chi connectivity index (χ0) is 18.8. The van der Waals surface area contributed by atoms with Crippen molar-refractivity contribution in [2.24, 2.45) is 0 Å².